The lowest BCUT2D eigenvalue weighted by molar-refractivity contribution is -0.117. The van der Waals surface area contributed by atoms with Gasteiger partial charge in [0.25, 0.3) is 11.1 Å². The Morgan fingerprint density at radius 3 is 2.40 bits per heavy atom. The Kier molecular flexibility index (Phi) is 9.61. The fourth-order valence-electron chi connectivity index (χ4n) is 2.84. The Hall–Kier alpha value is -2.60. The summed E-state index contributed by atoms with van der Waals surface area (Å²) in [4.78, 5) is 34.2. The lowest BCUT2D eigenvalue weighted by atomic mass is 10.1. The minimum atomic E-state index is -0.350. The zero-order valence-electron chi connectivity index (χ0n) is 17.8. The summed E-state index contributed by atoms with van der Waals surface area (Å²) in [6, 6.07) is 11.8. The van der Waals surface area contributed by atoms with Crippen LogP contribution in [0.1, 0.15) is 58.4 Å². The van der Waals surface area contributed by atoms with Crippen molar-refractivity contribution in [1.29, 1.82) is 0 Å². The number of hydrogen-bond acceptors (Lipinski definition) is 5. The van der Waals surface area contributed by atoms with Crippen LogP contribution < -0.4 is 10.1 Å². The van der Waals surface area contributed by atoms with Crippen LogP contribution in [0.4, 0.5) is 4.79 Å². The molecule has 0 bridgehead atoms. The highest BCUT2D eigenvalue weighted by atomic mass is 32.2. The standard InChI is InChI=1S/C21H21NO4S.C3H8/c1-14(23)5-3-2-4-10-26-18-9-8-16-11-15(6-7-17(16)13-18)12-19-20(24)22-21(25)27-19;1-3-2/h6-9,11-13H,2-5,10H2,1H3,(H,22,24,25);3H2,1-2H3/b19-12-;. The number of ketones is 1. The number of unbranched alkanes of at least 4 members (excludes halogenated alkanes) is 2. The number of rotatable bonds is 8. The number of benzene rings is 2. The molecule has 30 heavy (non-hydrogen) atoms. The van der Waals surface area contributed by atoms with Gasteiger partial charge in [-0.2, -0.15) is 0 Å². The van der Waals surface area contributed by atoms with Crippen LogP contribution in [0.25, 0.3) is 16.8 Å². The van der Waals surface area contributed by atoms with Crippen LogP contribution in [0.2, 0.25) is 0 Å². The molecule has 1 fully saturated rings. The lowest BCUT2D eigenvalue weighted by Gasteiger charge is -2.08. The van der Waals surface area contributed by atoms with Gasteiger partial charge in [0.2, 0.25) is 0 Å². The summed E-state index contributed by atoms with van der Waals surface area (Å²) in [7, 11) is 0. The monoisotopic (exact) mass is 427 g/mol. The van der Waals surface area contributed by atoms with Gasteiger partial charge in [-0.15, -0.1) is 0 Å². The Labute approximate surface area is 182 Å². The zero-order valence-corrected chi connectivity index (χ0v) is 18.6. The maximum atomic E-state index is 11.6. The number of nitrogens with one attached hydrogen (secondary N) is 1. The van der Waals surface area contributed by atoms with Crippen molar-refractivity contribution in [2.24, 2.45) is 0 Å². The van der Waals surface area contributed by atoms with Gasteiger partial charge in [-0.05, 0) is 78.6 Å². The van der Waals surface area contributed by atoms with Gasteiger partial charge in [0.1, 0.15) is 11.5 Å². The summed E-state index contributed by atoms with van der Waals surface area (Å²) in [5, 5.41) is 4.00. The van der Waals surface area contributed by atoms with Gasteiger partial charge in [0, 0.05) is 6.42 Å². The van der Waals surface area contributed by atoms with Crippen molar-refractivity contribution in [2.45, 2.75) is 52.9 Å². The summed E-state index contributed by atoms with van der Waals surface area (Å²) in [6.07, 6.45) is 6.44. The van der Waals surface area contributed by atoms with Crippen molar-refractivity contribution >= 4 is 45.5 Å². The maximum absolute atomic E-state index is 11.6. The van der Waals surface area contributed by atoms with Gasteiger partial charge in [-0.3, -0.25) is 14.9 Å². The number of amides is 2. The highest BCUT2D eigenvalue weighted by molar-refractivity contribution is 8.18. The highest BCUT2D eigenvalue weighted by Gasteiger charge is 2.24. The molecule has 0 saturated carbocycles. The lowest BCUT2D eigenvalue weighted by Crippen LogP contribution is -2.17. The van der Waals surface area contributed by atoms with Crippen molar-refractivity contribution in [3.8, 4) is 5.75 Å². The number of imide groups is 1. The predicted molar refractivity (Wildman–Crippen MR) is 124 cm³/mol. The first-order valence-electron chi connectivity index (χ1n) is 10.3. The van der Waals surface area contributed by atoms with E-state index in [9.17, 15) is 14.4 Å². The van der Waals surface area contributed by atoms with E-state index in [1.165, 1.54) is 6.42 Å². The van der Waals surface area contributed by atoms with Gasteiger partial charge in [0.15, 0.2) is 0 Å². The molecule has 160 valence electrons. The van der Waals surface area contributed by atoms with Crippen molar-refractivity contribution < 1.29 is 19.1 Å². The van der Waals surface area contributed by atoms with Crippen molar-refractivity contribution in [2.75, 3.05) is 6.61 Å². The normalized spacial score (nSPS) is 14.4. The molecule has 6 heteroatoms. The fraction of sp³-hybridized carbons (Fsp3) is 0.375. The molecule has 3 rings (SSSR count). The van der Waals surface area contributed by atoms with Gasteiger partial charge < -0.3 is 9.53 Å². The Morgan fingerprint density at radius 1 is 1.03 bits per heavy atom. The second-order valence-electron chi connectivity index (χ2n) is 7.19. The first-order valence-corrected chi connectivity index (χ1v) is 11.2. The summed E-state index contributed by atoms with van der Waals surface area (Å²) in [5.74, 6) is 0.702. The molecule has 0 aliphatic carbocycles. The number of ether oxygens (including phenoxy) is 1. The molecular weight excluding hydrogens is 398 g/mol. The van der Waals surface area contributed by atoms with Crippen LogP contribution in [0.15, 0.2) is 41.3 Å². The van der Waals surface area contributed by atoms with Crippen LogP contribution in [0.5, 0.6) is 5.75 Å². The first-order chi connectivity index (χ1) is 14.4. The molecule has 0 unspecified atom stereocenters. The molecule has 0 atom stereocenters. The molecule has 0 aromatic heterocycles. The van der Waals surface area contributed by atoms with E-state index in [1.807, 2.05) is 36.4 Å². The fourth-order valence-corrected chi connectivity index (χ4v) is 3.52. The molecular formula is C24H29NO4S. The average Bonchev–Trinajstić information content (AvgIpc) is 3.01. The molecule has 1 heterocycles. The van der Waals surface area contributed by atoms with E-state index >= 15 is 0 Å². The van der Waals surface area contributed by atoms with Crippen LogP contribution >= 0.6 is 11.8 Å². The molecule has 1 aliphatic rings. The topological polar surface area (TPSA) is 72.5 Å². The maximum Gasteiger partial charge on any atom is 0.290 e. The first kappa shape index (κ1) is 23.7. The van der Waals surface area contributed by atoms with Crippen LogP contribution in [-0.2, 0) is 9.59 Å². The number of hydrogen-bond donors (Lipinski definition) is 1. The molecule has 5 nitrogen and oxygen atoms in total. The SMILES string of the molecule is CC(=O)CCCCCOc1ccc2cc(/C=C3\SC(=O)NC3=O)ccc2c1.CCC. The third-order valence-electron chi connectivity index (χ3n) is 4.22. The minimum absolute atomic E-state index is 0.235. The molecule has 0 spiro atoms. The second-order valence-corrected chi connectivity index (χ2v) is 8.20. The number of thioether (sulfide) groups is 1. The molecule has 0 radical (unpaired) electrons. The van der Waals surface area contributed by atoms with Gasteiger partial charge >= 0.3 is 0 Å². The van der Waals surface area contributed by atoms with E-state index in [0.717, 1.165) is 53.1 Å². The Bertz CT molecular complexity index is 936. The van der Waals surface area contributed by atoms with Crippen LogP contribution in [0, 0.1) is 0 Å². The largest absolute Gasteiger partial charge is 0.494 e. The summed E-state index contributed by atoms with van der Waals surface area (Å²) < 4.78 is 5.79. The van der Waals surface area contributed by atoms with E-state index in [0.29, 0.717) is 17.9 Å². The highest BCUT2D eigenvalue weighted by Crippen LogP contribution is 2.28. The van der Waals surface area contributed by atoms with E-state index < -0.39 is 0 Å². The van der Waals surface area contributed by atoms with Gasteiger partial charge in [0.05, 0.1) is 11.5 Å². The predicted octanol–water partition coefficient (Wildman–Crippen LogP) is 6.11. The number of carbonyl (C=O) groups excluding carboxylic acids is 3. The number of fused-ring (bicyclic) bond motifs is 1. The summed E-state index contributed by atoms with van der Waals surface area (Å²) >= 11 is 0.915. The third-order valence-corrected chi connectivity index (χ3v) is 5.03. The smallest absolute Gasteiger partial charge is 0.290 e. The Balaban J connectivity index is 0.00000101. The number of carbonyl (C=O) groups is 3. The second kappa shape index (κ2) is 12.2. The molecule has 2 aromatic carbocycles. The van der Waals surface area contributed by atoms with E-state index in [4.69, 9.17) is 4.74 Å². The van der Waals surface area contributed by atoms with Crippen LogP contribution in [-0.4, -0.2) is 23.5 Å². The average molecular weight is 428 g/mol. The third kappa shape index (κ3) is 7.67. The van der Waals surface area contributed by atoms with Crippen molar-refractivity contribution in [1.82, 2.24) is 5.32 Å². The zero-order chi connectivity index (χ0) is 21.9. The van der Waals surface area contributed by atoms with Gasteiger partial charge in [-0.25, -0.2) is 0 Å². The quantitative estimate of drug-likeness (QED) is 0.406. The molecule has 1 saturated heterocycles. The van der Waals surface area contributed by atoms with Gasteiger partial charge in [-0.1, -0.05) is 38.5 Å². The van der Waals surface area contributed by atoms with E-state index in [2.05, 4.69) is 19.2 Å². The molecule has 1 N–H and O–H groups in total. The Morgan fingerprint density at radius 2 is 1.73 bits per heavy atom. The number of Topliss-reactive ketones (excluding diaryl/α,β-unsaturated/α-hetero) is 1. The molecule has 1 aliphatic heterocycles. The van der Waals surface area contributed by atoms with Crippen LogP contribution in [0.3, 0.4) is 0 Å². The van der Waals surface area contributed by atoms with E-state index in [1.54, 1.807) is 13.0 Å². The summed E-state index contributed by atoms with van der Waals surface area (Å²) in [5.41, 5.74) is 0.869. The molecule has 2 amide bonds. The minimum Gasteiger partial charge on any atom is -0.494 e. The van der Waals surface area contributed by atoms with E-state index in [-0.39, 0.29) is 16.9 Å². The molecule has 2 aromatic rings. The van der Waals surface area contributed by atoms with Crippen molar-refractivity contribution in [3.05, 3.63) is 46.9 Å². The van der Waals surface area contributed by atoms with Crippen molar-refractivity contribution in [3.63, 3.8) is 0 Å². The summed E-state index contributed by atoms with van der Waals surface area (Å²) in [6.45, 7) is 6.50.